The van der Waals surface area contributed by atoms with E-state index in [0.29, 0.717) is 5.92 Å². The van der Waals surface area contributed by atoms with Gasteiger partial charge in [0, 0.05) is 12.7 Å². The van der Waals surface area contributed by atoms with E-state index in [2.05, 4.69) is 42.7 Å². The summed E-state index contributed by atoms with van der Waals surface area (Å²) >= 11 is 0. The molecule has 1 heterocycles. The van der Waals surface area contributed by atoms with Gasteiger partial charge in [-0.3, -0.25) is 11.7 Å². The fourth-order valence-corrected chi connectivity index (χ4v) is 1.65. The van der Waals surface area contributed by atoms with Gasteiger partial charge in [-0.25, -0.2) is 0 Å². The van der Waals surface area contributed by atoms with Crippen molar-refractivity contribution >= 4 is 0 Å². The first-order chi connectivity index (χ1) is 7.72. The quantitative estimate of drug-likeness (QED) is 0.372. The molecule has 0 amide bonds. The summed E-state index contributed by atoms with van der Waals surface area (Å²) < 4.78 is 1.94. The van der Waals surface area contributed by atoms with Gasteiger partial charge in [-0.2, -0.15) is 0 Å². The summed E-state index contributed by atoms with van der Waals surface area (Å²) in [6, 6.07) is 0. The van der Waals surface area contributed by atoms with E-state index in [-0.39, 0.29) is 51.4 Å². The maximum absolute atomic E-state index is 4.17. The van der Waals surface area contributed by atoms with Crippen LogP contribution in [-0.2, 0) is 13.0 Å². The second-order valence-electron chi connectivity index (χ2n) is 4.64. The zero-order valence-corrected chi connectivity index (χ0v) is 14.6. The monoisotopic (exact) mass is 262 g/mol. The van der Waals surface area contributed by atoms with Crippen LogP contribution < -0.4 is 56.7 Å². The molecule has 5 heteroatoms. The molecule has 0 unspecified atom stereocenters. The van der Waals surface area contributed by atoms with Gasteiger partial charge in [0.05, 0.1) is 5.69 Å². The standard InChI is InChI=1S/C12H23N4.K/c1-11(2)9-16-10-12(14-15-16)7-5-4-6-8-13-3;/h10-11,13H,3-9H2,1-2H3;/q-1;+1. The van der Waals surface area contributed by atoms with E-state index in [1.54, 1.807) is 0 Å². The molecular weight excluding hydrogens is 239 g/mol. The summed E-state index contributed by atoms with van der Waals surface area (Å²) in [5.74, 6) is 0.623. The SMILES string of the molecule is [CH2-]NCCCCCc1cn(CC(C)C)nn1.[K+]. The van der Waals surface area contributed by atoms with Crippen molar-refractivity contribution in [1.29, 1.82) is 0 Å². The van der Waals surface area contributed by atoms with E-state index in [0.717, 1.165) is 25.2 Å². The van der Waals surface area contributed by atoms with Crippen LogP contribution in [0.25, 0.3) is 0 Å². The van der Waals surface area contributed by atoms with Crippen LogP contribution in [0.5, 0.6) is 0 Å². The summed E-state index contributed by atoms with van der Waals surface area (Å²) in [7, 11) is 3.60. The van der Waals surface area contributed by atoms with Crippen LogP contribution in [0, 0.1) is 13.0 Å². The molecule has 0 aromatic carbocycles. The van der Waals surface area contributed by atoms with Crippen molar-refractivity contribution in [3.8, 4) is 0 Å². The van der Waals surface area contributed by atoms with Crippen LogP contribution >= 0.6 is 0 Å². The zero-order chi connectivity index (χ0) is 11.8. The largest absolute Gasteiger partial charge is 1.00 e. The van der Waals surface area contributed by atoms with Crippen molar-refractivity contribution in [2.45, 2.75) is 46.1 Å². The predicted molar refractivity (Wildman–Crippen MR) is 65.8 cm³/mol. The maximum atomic E-state index is 4.17. The van der Waals surface area contributed by atoms with Crippen molar-refractivity contribution in [2.24, 2.45) is 5.92 Å². The molecule has 0 atom stereocenters. The molecule has 1 aromatic rings. The number of hydrogen-bond donors (Lipinski definition) is 1. The number of aryl methyl sites for hydroxylation is 1. The van der Waals surface area contributed by atoms with Crippen LogP contribution in [0.4, 0.5) is 0 Å². The average Bonchev–Trinajstić information content (AvgIpc) is 2.64. The fraction of sp³-hybridized carbons (Fsp3) is 0.750. The van der Waals surface area contributed by atoms with Gasteiger partial charge in [0.15, 0.2) is 0 Å². The van der Waals surface area contributed by atoms with Gasteiger partial charge in [-0.15, -0.1) is 5.10 Å². The van der Waals surface area contributed by atoms with Crippen LogP contribution in [0.2, 0.25) is 0 Å². The van der Waals surface area contributed by atoms with Crippen molar-refractivity contribution in [3.63, 3.8) is 0 Å². The third kappa shape index (κ3) is 8.45. The van der Waals surface area contributed by atoms with Crippen molar-refractivity contribution in [1.82, 2.24) is 20.3 Å². The van der Waals surface area contributed by atoms with E-state index in [1.807, 2.05) is 4.68 Å². The molecular formula is C12H23KN4. The number of aromatic nitrogens is 3. The molecule has 0 radical (unpaired) electrons. The second-order valence-corrected chi connectivity index (χ2v) is 4.64. The molecule has 1 N–H and O–H groups in total. The Morgan fingerprint density at radius 3 is 2.76 bits per heavy atom. The fourth-order valence-electron chi connectivity index (χ4n) is 1.65. The molecule has 1 rings (SSSR count). The Labute approximate surface area is 147 Å². The number of nitrogens with zero attached hydrogens (tertiary/aromatic N) is 3. The molecule has 0 aliphatic heterocycles. The van der Waals surface area contributed by atoms with Gasteiger partial charge in [0.1, 0.15) is 0 Å². The minimum Gasteiger partial charge on any atom is -0.473 e. The summed E-state index contributed by atoms with van der Waals surface area (Å²) in [5.41, 5.74) is 1.11. The topological polar surface area (TPSA) is 42.7 Å². The molecule has 0 aliphatic carbocycles. The predicted octanol–water partition coefficient (Wildman–Crippen LogP) is -0.968. The van der Waals surface area contributed by atoms with E-state index in [1.165, 1.54) is 19.3 Å². The van der Waals surface area contributed by atoms with Crippen molar-refractivity contribution < 1.29 is 51.4 Å². The zero-order valence-electron chi connectivity index (χ0n) is 11.4. The smallest absolute Gasteiger partial charge is 0.473 e. The molecule has 0 saturated heterocycles. The Morgan fingerprint density at radius 1 is 1.35 bits per heavy atom. The minimum absolute atomic E-state index is 0. The third-order valence-electron chi connectivity index (χ3n) is 2.42. The van der Waals surface area contributed by atoms with Crippen LogP contribution in [0.3, 0.4) is 0 Å². The third-order valence-corrected chi connectivity index (χ3v) is 2.42. The summed E-state index contributed by atoms with van der Waals surface area (Å²) in [6.45, 7) is 6.33. The van der Waals surface area contributed by atoms with E-state index in [9.17, 15) is 0 Å². The molecule has 92 valence electrons. The van der Waals surface area contributed by atoms with Crippen LogP contribution in [0.15, 0.2) is 6.20 Å². The van der Waals surface area contributed by atoms with Gasteiger partial charge in [0.25, 0.3) is 0 Å². The van der Waals surface area contributed by atoms with E-state index >= 15 is 0 Å². The maximum Gasteiger partial charge on any atom is 1.00 e. The first-order valence-corrected chi connectivity index (χ1v) is 6.11. The molecule has 0 saturated carbocycles. The van der Waals surface area contributed by atoms with Gasteiger partial charge in [-0.05, 0) is 31.7 Å². The Bertz CT molecular complexity index is 286. The summed E-state index contributed by atoms with van der Waals surface area (Å²) in [4.78, 5) is 0. The van der Waals surface area contributed by atoms with Gasteiger partial charge < -0.3 is 5.32 Å². The Morgan fingerprint density at radius 2 is 2.12 bits per heavy atom. The summed E-state index contributed by atoms with van der Waals surface area (Å²) in [6.07, 6.45) is 6.69. The molecule has 0 aliphatic rings. The minimum atomic E-state index is 0. The Hall–Kier alpha value is 0.736. The van der Waals surface area contributed by atoms with Gasteiger partial charge in [-0.1, -0.05) is 25.5 Å². The van der Waals surface area contributed by atoms with Gasteiger partial charge in [0.2, 0.25) is 0 Å². The first kappa shape index (κ1) is 17.7. The van der Waals surface area contributed by atoms with Crippen molar-refractivity contribution in [2.75, 3.05) is 6.54 Å². The van der Waals surface area contributed by atoms with E-state index in [4.69, 9.17) is 0 Å². The van der Waals surface area contributed by atoms with Crippen LogP contribution in [0.1, 0.15) is 38.8 Å². The number of rotatable bonds is 8. The normalized spacial score (nSPS) is 10.6. The Kier molecular flexibility index (Phi) is 11.1. The molecule has 4 nitrogen and oxygen atoms in total. The second kappa shape index (κ2) is 10.6. The van der Waals surface area contributed by atoms with E-state index < -0.39 is 0 Å². The van der Waals surface area contributed by atoms with Gasteiger partial charge >= 0.3 is 51.4 Å². The number of unbranched alkanes of at least 4 members (excludes halogenated alkanes) is 2. The first-order valence-electron chi connectivity index (χ1n) is 6.11. The molecule has 0 fully saturated rings. The molecule has 1 aromatic heterocycles. The molecule has 0 spiro atoms. The van der Waals surface area contributed by atoms with Crippen LogP contribution in [-0.4, -0.2) is 21.5 Å². The molecule has 17 heavy (non-hydrogen) atoms. The van der Waals surface area contributed by atoms with Crippen molar-refractivity contribution in [3.05, 3.63) is 18.9 Å². The molecule has 0 bridgehead atoms. The Balaban J connectivity index is 0.00000256. The average molecular weight is 262 g/mol. The number of hydrogen-bond acceptors (Lipinski definition) is 3. The number of nitrogens with one attached hydrogen (secondary N) is 1. The summed E-state index contributed by atoms with van der Waals surface area (Å²) in [5, 5.41) is 11.2.